The third-order valence-corrected chi connectivity index (χ3v) is 7.07. The van der Waals surface area contributed by atoms with Crippen LogP contribution in [0, 0.1) is 6.92 Å². The van der Waals surface area contributed by atoms with Crippen molar-refractivity contribution >= 4 is 52.0 Å². The van der Waals surface area contributed by atoms with Crippen molar-refractivity contribution in [2.75, 3.05) is 12.0 Å². The Kier molecular flexibility index (Phi) is 6.69. The number of pyridine rings is 1. The van der Waals surface area contributed by atoms with Crippen molar-refractivity contribution < 1.29 is 18.9 Å². The lowest BCUT2D eigenvalue weighted by molar-refractivity contribution is -0.577. The van der Waals surface area contributed by atoms with E-state index in [-0.39, 0.29) is 21.9 Å². The minimum Gasteiger partial charge on any atom is -0.497 e. The highest BCUT2D eigenvalue weighted by Gasteiger charge is 2.48. The quantitative estimate of drug-likeness (QED) is 0.281. The van der Waals surface area contributed by atoms with Gasteiger partial charge in [-0.15, -0.1) is 0 Å². The fourth-order valence-corrected chi connectivity index (χ4v) is 4.78. The monoisotopic (exact) mass is 549 g/mol. The second-order valence-corrected chi connectivity index (χ2v) is 9.53. The molecule has 4 aromatic rings. The van der Waals surface area contributed by atoms with Crippen LogP contribution in [0.4, 0.5) is 5.69 Å². The average molecular weight is 550 g/mol. The van der Waals surface area contributed by atoms with Crippen molar-refractivity contribution in [1.82, 2.24) is 9.78 Å². The van der Waals surface area contributed by atoms with E-state index in [1.165, 1.54) is 11.8 Å². The molecule has 1 N–H and O–H groups in total. The van der Waals surface area contributed by atoms with Gasteiger partial charge < -0.3 is 4.74 Å². The zero-order chi connectivity index (χ0) is 27.1. The highest BCUT2D eigenvalue weighted by Crippen LogP contribution is 2.34. The number of aromatic nitrogens is 3. The SMILES string of the molecule is CCc1[nH]n(-c2ccc(Cl)c(Cl)c2)c(=O)c1C1=C([n+]2cccc(C)c2)C(=O)N(c2ccc(OC)cc2)C1=O. The number of anilines is 1. The molecule has 2 aromatic heterocycles. The summed E-state index contributed by atoms with van der Waals surface area (Å²) in [5.74, 6) is -0.566. The number of aromatic amines is 1. The van der Waals surface area contributed by atoms with Gasteiger partial charge in [-0.2, -0.15) is 4.57 Å². The van der Waals surface area contributed by atoms with E-state index in [1.807, 2.05) is 19.9 Å². The van der Waals surface area contributed by atoms with E-state index in [9.17, 15) is 14.4 Å². The Morgan fingerprint density at radius 1 is 0.947 bits per heavy atom. The molecular formula is C28H23Cl2N4O4+. The van der Waals surface area contributed by atoms with Crippen molar-refractivity contribution in [3.63, 3.8) is 0 Å². The molecule has 0 saturated heterocycles. The molecule has 0 atom stereocenters. The second-order valence-electron chi connectivity index (χ2n) is 8.71. The van der Waals surface area contributed by atoms with Gasteiger partial charge in [-0.3, -0.25) is 19.5 Å². The predicted molar refractivity (Wildman–Crippen MR) is 146 cm³/mol. The summed E-state index contributed by atoms with van der Waals surface area (Å²) in [6.45, 7) is 3.74. The number of carbonyl (C=O) groups is 2. The van der Waals surface area contributed by atoms with Crippen LogP contribution in [0.1, 0.15) is 23.7 Å². The van der Waals surface area contributed by atoms with Gasteiger partial charge in [0.25, 0.3) is 17.2 Å². The number of amides is 2. The first kappa shape index (κ1) is 25.5. The molecule has 2 aromatic carbocycles. The van der Waals surface area contributed by atoms with Crippen LogP contribution in [0.2, 0.25) is 10.0 Å². The standard InChI is InChI=1S/C28H22Cl2N4O4/c1-4-22-23(27(36)34(31-22)18-9-12-20(29)21(30)14-18)24-25(32-13-5-6-16(2)15-32)28(37)33(26(24)35)17-7-10-19(38-3)11-8-17/h5-15H,4H2,1-3H3/p+1. The minimum atomic E-state index is -0.601. The van der Waals surface area contributed by atoms with E-state index in [0.29, 0.717) is 34.3 Å². The topological polar surface area (TPSA) is 88.3 Å². The van der Waals surface area contributed by atoms with Gasteiger partial charge in [0.2, 0.25) is 0 Å². The van der Waals surface area contributed by atoms with Gasteiger partial charge in [0.1, 0.15) is 11.3 Å². The van der Waals surface area contributed by atoms with Crippen LogP contribution in [0.5, 0.6) is 5.75 Å². The van der Waals surface area contributed by atoms with E-state index in [4.69, 9.17) is 27.9 Å². The number of benzene rings is 2. The minimum absolute atomic E-state index is 0.0123. The van der Waals surface area contributed by atoms with Crippen molar-refractivity contribution in [3.8, 4) is 11.4 Å². The summed E-state index contributed by atoms with van der Waals surface area (Å²) in [6, 6.07) is 15.0. The highest BCUT2D eigenvalue weighted by molar-refractivity contribution is 6.53. The number of hydrogen-bond acceptors (Lipinski definition) is 4. The molecule has 5 rings (SSSR count). The fourth-order valence-electron chi connectivity index (χ4n) is 4.48. The van der Waals surface area contributed by atoms with Crippen LogP contribution in [-0.2, 0) is 16.0 Å². The van der Waals surface area contributed by atoms with Gasteiger partial charge in [0, 0.05) is 17.3 Å². The molecule has 1 aliphatic rings. The number of aryl methyl sites for hydroxylation is 2. The van der Waals surface area contributed by atoms with Gasteiger partial charge >= 0.3 is 5.91 Å². The summed E-state index contributed by atoms with van der Waals surface area (Å²) in [5, 5.41) is 3.71. The van der Waals surface area contributed by atoms with E-state index in [1.54, 1.807) is 65.5 Å². The first-order valence-electron chi connectivity index (χ1n) is 11.8. The lowest BCUT2D eigenvalue weighted by atomic mass is 10.0. The summed E-state index contributed by atoms with van der Waals surface area (Å²) in [4.78, 5) is 42.8. The van der Waals surface area contributed by atoms with Gasteiger partial charge in [-0.25, -0.2) is 9.58 Å². The Bertz CT molecular complexity index is 1690. The maximum Gasteiger partial charge on any atom is 0.331 e. The molecule has 8 nitrogen and oxygen atoms in total. The number of hydrogen-bond donors (Lipinski definition) is 1. The number of nitrogens with zero attached hydrogens (tertiary/aromatic N) is 3. The summed E-state index contributed by atoms with van der Waals surface area (Å²) in [7, 11) is 1.53. The average Bonchev–Trinajstić information content (AvgIpc) is 3.37. The molecule has 0 spiro atoms. The van der Waals surface area contributed by atoms with E-state index >= 15 is 0 Å². The lowest BCUT2D eigenvalue weighted by Gasteiger charge is -2.14. The Labute approximate surface area is 228 Å². The molecule has 0 bridgehead atoms. The van der Waals surface area contributed by atoms with E-state index < -0.39 is 17.4 Å². The third-order valence-electron chi connectivity index (χ3n) is 6.33. The van der Waals surface area contributed by atoms with E-state index in [0.717, 1.165) is 10.5 Å². The smallest absolute Gasteiger partial charge is 0.331 e. The maximum absolute atomic E-state index is 14.0. The summed E-state index contributed by atoms with van der Waals surface area (Å²) < 4.78 is 8.11. The normalized spacial score (nSPS) is 13.6. The number of methoxy groups -OCH3 is 1. The molecule has 0 fully saturated rings. The van der Waals surface area contributed by atoms with Gasteiger partial charge in [-0.05, 0) is 61.9 Å². The number of carbonyl (C=O) groups excluding carboxylic acids is 2. The van der Waals surface area contributed by atoms with Crippen molar-refractivity contribution in [2.24, 2.45) is 0 Å². The van der Waals surface area contributed by atoms with Crippen LogP contribution in [-0.4, -0.2) is 28.7 Å². The number of halogens is 2. The number of ether oxygens (including phenoxy) is 1. The van der Waals surface area contributed by atoms with Crippen LogP contribution in [0.25, 0.3) is 17.0 Å². The van der Waals surface area contributed by atoms with Crippen molar-refractivity contribution in [2.45, 2.75) is 20.3 Å². The molecule has 0 unspecified atom stereocenters. The fraction of sp³-hybridized carbons (Fsp3) is 0.143. The van der Waals surface area contributed by atoms with Gasteiger partial charge in [-0.1, -0.05) is 30.1 Å². The largest absolute Gasteiger partial charge is 0.497 e. The molecule has 0 aliphatic carbocycles. The molecule has 2 amide bonds. The second kappa shape index (κ2) is 9.96. The van der Waals surface area contributed by atoms with Crippen LogP contribution < -0.4 is 19.8 Å². The summed E-state index contributed by atoms with van der Waals surface area (Å²) in [5.41, 5.74) is 1.91. The molecule has 3 heterocycles. The van der Waals surface area contributed by atoms with Crippen LogP contribution in [0.3, 0.4) is 0 Å². The number of nitrogens with one attached hydrogen (secondary N) is 1. The number of imide groups is 1. The van der Waals surface area contributed by atoms with Gasteiger partial charge in [0.15, 0.2) is 12.4 Å². The zero-order valence-electron chi connectivity index (χ0n) is 20.8. The van der Waals surface area contributed by atoms with E-state index in [2.05, 4.69) is 5.10 Å². The number of H-pyrrole nitrogens is 1. The zero-order valence-corrected chi connectivity index (χ0v) is 22.3. The Morgan fingerprint density at radius 2 is 1.66 bits per heavy atom. The first-order valence-corrected chi connectivity index (χ1v) is 12.6. The molecule has 192 valence electrons. The predicted octanol–water partition coefficient (Wildman–Crippen LogP) is 4.58. The van der Waals surface area contributed by atoms with Crippen LogP contribution in [0.15, 0.2) is 71.8 Å². The molecule has 0 radical (unpaired) electrons. The molecule has 1 aliphatic heterocycles. The number of rotatable bonds is 6. The van der Waals surface area contributed by atoms with Gasteiger partial charge in [0.05, 0.1) is 34.1 Å². The van der Waals surface area contributed by atoms with Crippen LogP contribution >= 0.6 is 23.2 Å². The molecule has 0 saturated carbocycles. The summed E-state index contributed by atoms with van der Waals surface area (Å²) >= 11 is 12.3. The molecular weight excluding hydrogens is 527 g/mol. The Morgan fingerprint density at radius 3 is 2.29 bits per heavy atom. The lowest BCUT2D eigenvalue weighted by Crippen LogP contribution is -2.39. The summed E-state index contributed by atoms with van der Waals surface area (Å²) in [6.07, 6.45) is 3.83. The van der Waals surface area contributed by atoms with Crippen molar-refractivity contribution in [1.29, 1.82) is 0 Å². The highest BCUT2D eigenvalue weighted by atomic mass is 35.5. The molecule has 10 heteroatoms. The first-order chi connectivity index (χ1) is 18.2. The molecule has 38 heavy (non-hydrogen) atoms. The van der Waals surface area contributed by atoms with Crippen molar-refractivity contribution in [3.05, 3.63) is 104 Å². The Balaban J connectivity index is 1.76. The third kappa shape index (κ3) is 4.21. The Hall–Kier alpha value is -4.14. The maximum atomic E-state index is 14.0.